The Labute approximate surface area is 694 Å². The van der Waals surface area contributed by atoms with E-state index in [0.717, 1.165) is 85.7 Å². The molecule has 25 heteroatoms. The van der Waals surface area contributed by atoms with Gasteiger partial charge in [-0.15, -0.1) is 6.57 Å². The number of rotatable bonds is 9. The Hall–Kier alpha value is -11.0. The second-order valence-electron chi connectivity index (χ2n) is 34.2. The van der Waals surface area contributed by atoms with Gasteiger partial charge in [-0.05, 0) is 189 Å². The number of anilines is 1. The van der Waals surface area contributed by atoms with E-state index in [1.54, 1.807) is 62.9 Å². The van der Waals surface area contributed by atoms with Crippen molar-refractivity contribution in [1.29, 1.82) is 0 Å². The van der Waals surface area contributed by atoms with Crippen LogP contribution in [0.5, 0.6) is 5.75 Å². The minimum Gasteiger partial charge on any atom is -0.495 e. The Balaban J connectivity index is 0.000000433. The van der Waals surface area contributed by atoms with E-state index in [2.05, 4.69) is 320 Å². The molecule has 1 fully saturated rings. The number of nitrogens with two attached hydrogens (primary N) is 1. The third-order valence-electron chi connectivity index (χ3n) is 16.7. The van der Waals surface area contributed by atoms with Gasteiger partial charge >= 0.3 is 5.95 Å². The van der Waals surface area contributed by atoms with Gasteiger partial charge in [0.1, 0.15) is 17.4 Å². The summed E-state index contributed by atoms with van der Waals surface area (Å²) in [5.41, 5.74) is 22.2. The topological polar surface area (TPSA) is 323 Å². The molecule has 1 aliphatic rings. The van der Waals surface area contributed by atoms with Gasteiger partial charge in [-0.25, -0.2) is 29.9 Å². The Morgan fingerprint density at radius 3 is 1.16 bits per heavy atom. The van der Waals surface area contributed by atoms with Crippen molar-refractivity contribution in [1.82, 2.24) is 111 Å². The molecule has 0 spiro atoms. The van der Waals surface area contributed by atoms with Gasteiger partial charge < -0.3 is 15.3 Å². The minimum atomic E-state index is 0.0561. The predicted octanol–water partition coefficient (Wildman–Crippen LogP) is 20.9. The van der Waals surface area contributed by atoms with Gasteiger partial charge in [0.05, 0.1) is 89.8 Å². The van der Waals surface area contributed by atoms with Crippen LogP contribution in [0.1, 0.15) is 337 Å². The molecule has 0 saturated heterocycles. The second-order valence-corrected chi connectivity index (χ2v) is 34.2. The summed E-state index contributed by atoms with van der Waals surface area (Å²) in [5.74, 6) is 7.16. The maximum atomic E-state index is 6.67. The van der Waals surface area contributed by atoms with E-state index in [9.17, 15) is 0 Å². The van der Waals surface area contributed by atoms with E-state index < -0.39 is 0 Å². The summed E-state index contributed by atoms with van der Waals surface area (Å²) in [6.07, 6.45) is 23.6. The van der Waals surface area contributed by atoms with Crippen molar-refractivity contribution in [3.63, 3.8) is 0 Å². The van der Waals surface area contributed by atoms with Gasteiger partial charge in [0.25, 0.3) is 0 Å². The highest BCUT2D eigenvalue weighted by Gasteiger charge is 2.25. The number of aryl methyl sites for hydroxylation is 5. The van der Waals surface area contributed by atoms with Gasteiger partial charge in [0, 0.05) is 76.9 Å². The van der Waals surface area contributed by atoms with Crippen molar-refractivity contribution in [3.8, 4) is 5.75 Å². The Bertz CT molecular complexity index is 4340. The number of ether oxygens (including phenoxy) is 1. The number of hydrogen-bond donors (Lipinski definition) is 1. The zero-order valence-electron chi connectivity index (χ0n) is 75.7. The maximum Gasteiger partial charge on any atom is 0.371 e. The van der Waals surface area contributed by atoms with E-state index in [1.165, 1.54) is 35.2 Å². The number of nitrogen functional groups attached to an aromatic ring is 1. The van der Waals surface area contributed by atoms with Crippen molar-refractivity contribution in [2.24, 2.45) is 0 Å². The third kappa shape index (κ3) is 42.9. The van der Waals surface area contributed by atoms with Gasteiger partial charge in [0.15, 0.2) is 0 Å². The summed E-state index contributed by atoms with van der Waals surface area (Å²) >= 11 is 0. The van der Waals surface area contributed by atoms with Crippen LogP contribution in [-0.2, 0) is 21.7 Å². The van der Waals surface area contributed by atoms with Gasteiger partial charge in [-0.1, -0.05) is 180 Å². The standard InChI is InChI=1S/C10H14N2.C9H11N3.2C9H14N2.C8H13N3.C8H12N2O.3C8H12N2.2C7H10N2/c1-7(2)9-5-6-10(12-11-9)8-3-4-8;1-9(2,3)7-5-11-8(10-4)12-6-7;2*1-7-10-6-5-8(11-7)9(2,3)4;1-8(2,3)6-4-10-7(9)11-5-6;1-6(2)8-4-7(11-3)5-9-10-8;1-6(2)8-4-7(3)10-9-5-8;1-6(2)8-4-7(3)5-9-10-8;1-6(2)8-5-4-7(3)9-10-8;1-6(2)7-3-4-8-9-5-7;1-6(2)7-4-3-5-8-9-7/h5-8H,3-4H2,1-2H3;5-6H,1-3H3;2*5-6H,1-4H3;4-5H,1-3H3,(H2,9,10,11);4-6H,1-3H3;3*4-6H,1-3H3;2*3-6H,1-2H3. The van der Waals surface area contributed by atoms with Gasteiger partial charge in [-0.2, -0.15) is 81.3 Å². The molecule has 0 atom stereocenters. The van der Waals surface area contributed by atoms with E-state index in [0.29, 0.717) is 47.4 Å². The van der Waals surface area contributed by atoms with E-state index in [1.807, 2.05) is 102 Å². The molecule has 0 radical (unpaired) electrons. The minimum absolute atomic E-state index is 0.0561. The first-order valence-electron chi connectivity index (χ1n) is 39.8. The van der Waals surface area contributed by atoms with Crippen molar-refractivity contribution < 1.29 is 4.74 Å². The van der Waals surface area contributed by atoms with Crippen LogP contribution in [0.4, 0.5) is 11.9 Å². The molecule has 11 aromatic rings. The average Bonchev–Trinajstić information content (AvgIpc) is 1.48. The molecular weight excluding hydrogens is 1450 g/mol. The first-order chi connectivity index (χ1) is 54.2. The van der Waals surface area contributed by atoms with Crippen LogP contribution in [0.3, 0.4) is 0 Å². The average molecular weight is 1580 g/mol. The number of hydrogen-bond acceptors (Lipinski definition) is 24. The molecular formula is C91H134N24O. The summed E-state index contributed by atoms with van der Waals surface area (Å²) in [6.45, 7) is 71.6. The Morgan fingerprint density at radius 2 is 0.828 bits per heavy atom. The van der Waals surface area contributed by atoms with E-state index in [-0.39, 0.29) is 27.6 Å². The molecule has 2 N–H and O–H groups in total. The molecule has 11 aromatic heterocycles. The number of nitrogens with zero attached hydrogens (tertiary/aromatic N) is 23. The molecule has 1 saturated carbocycles. The van der Waals surface area contributed by atoms with Crippen LogP contribution in [0.15, 0.2) is 147 Å². The molecule has 116 heavy (non-hydrogen) atoms. The zero-order valence-corrected chi connectivity index (χ0v) is 75.7. The molecule has 11 heterocycles. The highest BCUT2D eigenvalue weighted by atomic mass is 16.5. The lowest BCUT2D eigenvalue weighted by Gasteiger charge is -2.17. The fraction of sp³-hybridized carbons (Fsp3) is 0.505. The van der Waals surface area contributed by atoms with Crippen LogP contribution in [0.25, 0.3) is 4.85 Å². The number of methoxy groups -OCH3 is 1. The first kappa shape index (κ1) is 101. The maximum absolute atomic E-state index is 6.67. The lowest BCUT2D eigenvalue weighted by molar-refractivity contribution is 0.410. The normalized spacial score (nSPS) is 11.4. The summed E-state index contributed by atoms with van der Waals surface area (Å²) < 4.78 is 5.00. The highest BCUT2D eigenvalue weighted by molar-refractivity contribution is 5.28. The smallest absolute Gasteiger partial charge is 0.371 e. The summed E-state index contributed by atoms with van der Waals surface area (Å²) in [4.78, 5) is 35.5. The van der Waals surface area contributed by atoms with Crippen molar-refractivity contribution in [2.75, 3.05) is 12.8 Å². The van der Waals surface area contributed by atoms with E-state index >= 15 is 0 Å². The third-order valence-corrected chi connectivity index (χ3v) is 16.7. The fourth-order valence-corrected chi connectivity index (χ4v) is 8.81. The van der Waals surface area contributed by atoms with Gasteiger partial charge in [0.2, 0.25) is 5.95 Å². The largest absolute Gasteiger partial charge is 0.495 e. The van der Waals surface area contributed by atoms with Crippen molar-refractivity contribution in [2.45, 2.75) is 296 Å². The van der Waals surface area contributed by atoms with Crippen molar-refractivity contribution >= 4 is 11.9 Å². The fourth-order valence-electron chi connectivity index (χ4n) is 8.81. The molecule has 624 valence electrons. The monoisotopic (exact) mass is 1580 g/mol. The summed E-state index contributed by atoms with van der Waals surface area (Å²) in [6, 6.07) is 24.1. The quantitative estimate of drug-likeness (QED) is 0.131. The van der Waals surface area contributed by atoms with Crippen LogP contribution < -0.4 is 10.5 Å². The number of aromatic nitrogens is 22. The second kappa shape index (κ2) is 51.0. The SMILES string of the molecule is CC(C)(C)c1cnc(N)nc1.CC(C)c1ccc(C2CC2)nn1.CC(C)c1cccnn1.CC(C)c1ccnnc1.COc1cnnc(C(C)C)c1.Cc1cc(C(C)C)cnn1.Cc1ccc(C(C)C)nn1.Cc1cnnc(C(C)C)c1.Cc1nccc(C(C)(C)C)n1.Cc1nccc(C(C)(C)C)n1.[C-]#[N+]c1ncc(C(C)(C)C)cn1. The molecule has 1 aliphatic carbocycles. The van der Waals surface area contributed by atoms with Crippen LogP contribution in [0, 0.1) is 41.2 Å². The molecule has 0 aliphatic heterocycles. The van der Waals surface area contributed by atoms with Crippen molar-refractivity contribution in [3.05, 3.63) is 255 Å². The first-order valence-corrected chi connectivity index (χ1v) is 39.8. The molecule has 0 bridgehead atoms. The Morgan fingerprint density at radius 1 is 0.379 bits per heavy atom. The predicted molar refractivity (Wildman–Crippen MR) is 469 cm³/mol. The molecule has 0 amide bonds. The molecule has 0 unspecified atom stereocenters. The molecule has 25 nitrogen and oxygen atoms in total. The van der Waals surface area contributed by atoms with E-state index in [4.69, 9.17) is 17.0 Å². The van der Waals surface area contributed by atoms with Crippen LogP contribution in [0.2, 0.25) is 0 Å². The summed E-state index contributed by atoms with van der Waals surface area (Å²) in [5, 5.41) is 54.8. The Kier molecular flexibility index (Phi) is 44.5. The van der Waals surface area contributed by atoms with Gasteiger partial charge in [-0.3, -0.25) is 0 Å². The van der Waals surface area contributed by atoms with Crippen LogP contribution in [-0.4, -0.2) is 118 Å². The zero-order chi connectivity index (χ0) is 87.5. The molecule has 12 rings (SSSR count). The lowest BCUT2D eigenvalue weighted by Crippen LogP contribution is -2.14. The van der Waals surface area contributed by atoms with Crippen LogP contribution >= 0.6 is 0 Å². The lowest BCUT2D eigenvalue weighted by atomic mass is 9.89. The highest BCUT2D eigenvalue weighted by Crippen LogP contribution is 2.38. The molecule has 0 aromatic carbocycles. The summed E-state index contributed by atoms with van der Waals surface area (Å²) in [7, 11) is 1.63.